The Balaban J connectivity index is 2.49. The van der Waals surface area contributed by atoms with Crippen LogP contribution in [0.3, 0.4) is 0 Å². The number of fused-ring (bicyclic) bond motifs is 1. The maximum Gasteiger partial charge on any atom is 0.325 e. The summed E-state index contributed by atoms with van der Waals surface area (Å²) >= 11 is 0. The van der Waals surface area contributed by atoms with Crippen LogP contribution in [0.4, 0.5) is 5.69 Å². The van der Waals surface area contributed by atoms with Gasteiger partial charge in [0.2, 0.25) is 0 Å². The molecule has 0 saturated heterocycles. The average molecular weight is 273 g/mol. The molecule has 1 amide bonds. The van der Waals surface area contributed by atoms with Crippen molar-refractivity contribution in [3.63, 3.8) is 0 Å². The minimum atomic E-state index is -0.753. The Morgan fingerprint density at radius 2 is 2.20 bits per heavy atom. The summed E-state index contributed by atoms with van der Waals surface area (Å²) in [6, 6.07) is 6.67. The Labute approximate surface area is 117 Å². The number of carbonyl (C=O) groups is 2. The Kier molecular flexibility index (Phi) is 3.61. The third kappa shape index (κ3) is 2.07. The molecule has 0 radical (unpaired) electrons. The van der Waals surface area contributed by atoms with Gasteiger partial charge in [0.05, 0.1) is 18.7 Å². The van der Waals surface area contributed by atoms with E-state index >= 15 is 0 Å². The van der Waals surface area contributed by atoms with E-state index in [1.807, 2.05) is 25.1 Å². The number of carbonyl (C=O) groups excluding carboxylic acids is 2. The van der Waals surface area contributed by atoms with Gasteiger partial charge in [-0.2, -0.15) is 5.26 Å². The lowest BCUT2D eigenvalue weighted by molar-refractivity contribution is -0.141. The van der Waals surface area contributed by atoms with Gasteiger partial charge in [0, 0.05) is 25.3 Å². The molecule has 104 valence electrons. The first-order chi connectivity index (χ1) is 9.51. The van der Waals surface area contributed by atoms with Crippen molar-refractivity contribution in [2.75, 3.05) is 32.6 Å². The van der Waals surface area contributed by atoms with Gasteiger partial charge in [0.25, 0.3) is 5.91 Å². The monoisotopic (exact) mass is 273 g/mol. The first kappa shape index (κ1) is 13.9. The van der Waals surface area contributed by atoms with Crippen LogP contribution in [0.2, 0.25) is 0 Å². The van der Waals surface area contributed by atoms with Gasteiger partial charge < -0.3 is 14.5 Å². The quantitative estimate of drug-likeness (QED) is 0.766. The molecular formula is C14H15N3O3. The van der Waals surface area contributed by atoms with Gasteiger partial charge in [-0.15, -0.1) is 0 Å². The number of hydrogen-bond acceptors (Lipinski definition) is 5. The zero-order valence-electron chi connectivity index (χ0n) is 11.6. The van der Waals surface area contributed by atoms with Crippen molar-refractivity contribution in [3.05, 3.63) is 29.3 Å². The van der Waals surface area contributed by atoms with Gasteiger partial charge >= 0.3 is 5.97 Å². The molecule has 1 heterocycles. The lowest BCUT2D eigenvalue weighted by Crippen LogP contribution is -2.33. The van der Waals surface area contributed by atoms with Crippen molar-refractivity contribution in [2.45, 2.75) is 6.04 Å². The molecule has 0 aromatic heterocycles. The Hall–Kier alpha value is -2.55. The lowest BCUT2D eigenvalue weighted by Gasteiger charge is -2.18. The van der Waals surface area contributed by atoms with E-state index in [0.717, 1.165) is 5.69 Å². The topological polar surface area (TPSA) is 73.6 Å². The minimum absolute atomic E-state index is 0.227. The Bertz CT molecular complexity index is 604. The normalized spacial score (nSPS) is 16.6. The van der Waals surface area contributed by atoms with Crippen LogP contribution in [-0.2, 0) is 9.53 Å². The number of benzene rings is 1. The van der Waals surface area contributed by atoms with Crippen LogP contribution in [0.5, 0.6) is 0 Å². The molecule has 0 bridgehead atoms. The van der Waals surface area contributed by atoms with Gasteiger partial charge in [-0.25, -0.2) is 0 Å². The predicted octanol–water partition coefficient (Wildman–Crippen LogP) is 0.946. The van der Waals surface area contributed by atoms with Crippen molar-refractivity contribution < 1.29 is 14.3 Å². The first-order valence-electron chi connectivity index (χ1n) is 6.09. The summed E-state index contributed by atoms with van der Waals surface area (Å²) in [5.74, 6) is -0.862. The fourth-order valence-corrected chi connectivity index (χ4v) is 2.33. The number of methoxy groups -OCH3 is 1. The van der Waals surface area contributed by atoms with Crippen molar-refractivity contribution in [1.82, 2.24) is 4.90 Å². The summed E-state index contributed by atoms with van der Waals surface area (Å²) in [6.07, 6.45) is 0. The standard InChI is InChI=1S/C14H15N3O3/c1-16(2)10-6-4-5-9-11(7-15)17(8-12(18)20-3)14(19)13(9)10/h4-6,11H,8H2,1-3H3. The third-order valence-corrected chi connectivity index (χ3v) is 3.29. The molecule has 0 fully saturated rings. The molecule has 0 aliphatic carbocycles. The van der Waals surface area contributed by atoms with E-state index in [-0.39, 0.29) is 12.5 Å². The second kappa shape index (κ2) is 5.21. The smallest absolute Gasteiger partial charge is 0.325 e. The van der Waals surface area contributed by atoms with Crippen LogP contribution in [0.25, 0.3) is 0 Å². The van der Waals surface area contributed by atoms with Gasteiger partial charge in [0.15, 0.2) is 0 Å². The minimum Gasteiger partial charge on any atom is -0.468 e. The molecule has 6 nitrogen and oxygen atoms in total. The van der Waals surface area contributed by atoms with Crippen molar-refractivity contribution in [1.29, 1.82) is 5.26 Å². The van der Waals surface area contributed by atoms with E-state index in [2.05, 4.69) is 10.8 Å². The average Bonchev–Trinajstić information content (AvgIpc) is 2.71. The number of nitriles is 1. The van der Waals surface area contributed by atoms with E-state index in [1.165, 1.54) is 12.0 Å². The van der Waals surface area contributed by atoms with Crippen molar-refractivity contribution in [3.8, 4) is 6.07 Å². The van der Waals surface area contributed by atoms with Gasteiger partial charge in [-0.05, 0) is 6.07 Å². The molecule has 2 rings (SSSR count). The van der Waals surface area contributed by atoms with E-state index in [4.69, 9.17) is 0 Å². The zero-order valence-corrected chi connectivity index (χ0v) is 11.6. The van der Waals surface area contributed by atoms with Crippen LogP contribution >= 0.6 is 0 Å². The molecular weight excluding hydrogens is 258 g/mol. The Morgan fingerprint density at radius 3 is 2.75 bits per heavy atom. The van der Waals surface area contributed by atoms with Gasteiger partial charge in [0.1, 0.15) is 12.6 Å². The molecule has 0 N–H and O–H groups in total. The summed E-state index contributed by atoms with van der Waals surface area (Å²) < 4.78 is 4.58. The number of amides is 1. The number of anilines is 1. The SMILES string of the molecule is COC(=O)CN1C(=O)c2c(cccc2N(C)C)C1C#N. The second-order valence-electron chi connectivity index (χ2n) is 4.68. The van der Waals surface area contributed by atoms with Gasteiger partial charge in [-0.3, -0.25) is 9.59 Å². The summed E-state index contributed by atoms with van der Waals surface area (Å²) in [7, 11) is 4.91. The Morgan fingerprint density at radius 1 is 1.50 bits per heavy atom. The maximum absolute atomic E-state index is 12.5. The van der Waals surface area contributed by atoms with Crippen LogP contribution in [-0.4, -0.2) is 44.5 Å². The third-order valence-electron chi connectivity index (χ3n) is 3.29. The highest BCUT2D eigenvalue weighted by atomic mass is 16.5. The zero-order chi connectivity index (χ0) is 14.9. The molecule has 1 aromatic carbocycles. The van der Waals surface area contributed by atoms with E-state index < -0.39 is 12.0 Å². The summed E-state index contributed by atoms with van der Waals surface area (Å²) in [5, 5.41) is 9.31. The number of esters is 1. The molecule has 6 heteroatoms. The maximum atomic E-state index is 12.5. The molecule has 20 heavy (non-hydrogen) atoms. The van der Waals surface area contributed by atoms with Crippen molar-refractivity contribution in [2.24, 2.45) is 0 Å². The molecule has 1 aromatic rings. The molecule has 0 saturated carbocycles. The summed E-state index contributed by atoms with van der Waals surface area (Å²) in [6.45, 7) is -0.227. The van der Waals surface area contributed by atoms with Crippen LogP contribution in [0.1, 0.15) is 22.0 Å². The lowest BCUT2D eigenvalue weighted by atomic mass is 10.0. The van der Waals surface area contributed by atoms with Crippen molar-refractivity contribution >= 4 is 17.6 Å². The number of rotatable bonds is 3. The molecule has 1 unspecified atom stereocenters. The highest BCUT2D eigenvalue weighted by molar-refractivity contribution is 6.05. The van der Waals surface area contributed by atoms with Gasteiger partial charge in [-0.1, -0.05) is 12.1 Å². The van der Waals surface area contributed by atoms with E-state index in [1.54, 1.807) is 12.1 Å². The van der Waals surface area contributed by atoms with Crippen LogP contribution in [0, 0.1) is 11.3 Å². The fraction of sp³-hybridized carbons (Fsp3) is 0.357. The number of hydrogen-bond donors (Lipinski definition) is 0. The van der Waals surface area contributed by atoms with E-state index in [0.29, 0.717) is 11.1 Å². The number of nitrogens with zero attached hydrogens (tertiary/aromatic N) is 3. The molecule has 1 aliphatic heterocycles. The second-order valence-corrected chi connectivity index (χ2v) is 4.68. The van der Waals surface area contributed by atoms with Crippen LogP contribution < -0.4 is 4.90 Å². The molecule has 0 spiro atoms. The largest absolute Gasteiger partial charge is 0.468 e. The highest BCUT2D eigenvalue weighted by Gasteiger charge is 2.40. The van der Waals surface area contributed by atoms with Crippen LogP contribution in [0.15, 0.2) is 18.2 Å². The molecule has 1 aliphatic rings. The predicted molar refractivity (Wildman–Crippen MR) is 72.2 cm³/mol. The summed E-state index contributed by atoms with van der Waals surface area (Å²) in [5.41, 5.74) is 1.85. The number of ether oxygens (including phenoxy) is 1. The summed E-state index contributed by atoms with van der Waals surface area (Å²) in [4.78, 5) is 26.9. The van der Waals surface area contributed by atoms with E-state index in [9.17, 15) is 14.9 Å². The fourth-order valence-electron chi connectivity index (χ4n) is 2.33. The molecule has 1 atom stereocenters. The first-order valence-corrected chi connectivity index (χ1v) is 6.09. The highest BCUT2D eigenvalue weighted by Crippen LogP contribution is 2.37.